The van der Waals surface area contributed by atoms with Gasteiger partial charge < -0.3 is 15.0 Å². The molecule has 0 aliphatic carbocycles. The van der Waals surface area contributed by atoms with Gasteiger partial charge in [0.2, 0.25) is 5.88 Å². The molecule has 8 nitrogen and oxygen atoms in total. The predicted molar refractivity (Wildman–Crippen MR) is 115 cm³/mol. The molecule has 0 radical (unpaired) electrons. The molecule has 3 N–H and O–H groups in total. The van der Waals surface area contributed by atoms with Crippen LogP contribution in [-0.4, -0.2) is 29.7 Å². The van der Waals surface area contributed by atoms with Crippen molar-refractivity contribution < 1.29 is 4.74 Å². The molecule has 0 saturated carbocycles. The molecule has 0 amide bonds. The maximum atomic E-state index is 6.26. The number of nitrogens with one attached hydrogen (secondary N) is 1. The quantitative estimate of drug-likeness (QED) is 0.473. The van der Waals surface area contributed by atoms with Gasteiger partial charge in [-0.05, 0) is 30.7 Å². The summed E-state index contributed by atoms with van der Waals surface area (Å²) in [7, 11) is 1.96. The third-order valence-corrected chi connectivity index (χ3v) is 5.00. The Morgan fingerprint density at radius 1 is 1.03 bits per heavy atom. The van der Waals surface area contributed by atoms with Gasteiger partial charge in [0.25, 0.3) is 0 Å². The lowest BCUT2D eigenvalue weighted by molar-refractivity contribution is 0.462. The van der Waals surface area contributed by atoms with Gasteiger partial charge in [-0.15, -0.1) is 0 Å². The number of benzene rings is 1. The number of nitrogens with two attached hydrogens (primary N) is 1. The first kappa shape index (κ1) is 17.9. The molecule has 30 heavy (non-hydrogen) atoms. The highest BCUT2D eigenvalue weighted by Gasteiger charge is 2.22. The standard InChI is InChI=1S/C22H19N7O/c1-13-4-3-5-17(28-13)30-16-8-6-14(7-9-16)18-19-21(23)24-12-25-22(19)29(2)20(18)15-10-26-27-11-15/h3-12H,1-2H3,(H,26,27)(H2,23,24,25). The number of fused-ring (bicyclic) bond motifs is 1. The maximum absolute atomic E-state index is 6.26. The van der Waals surface area contributed by atoms with E-state index in [0.29, 0.717) is 17.4 Å². The Bertz CT molecular complexity index is 1340. The summed E-state index contributed by atoms with van der Waals surface area (Å²) in [5.74, 6) is 1.69. The minimum atomic E-state index is 0.435. The van der Waals surface area contributed by atoms with Crippen molar-refractivity contribution in [2.24, 2.45) is 7.05 Å². The number of rotatable bonds is 4. The van der Waals surface area contributed by atoms with Gasteiger partial charge in [0.15, 0.2) is 0 Å². The lowest BCUT2D eigenvalue weighted by Gasteiger charge is -2.09. The number of aryl methyl sites for hydroxylation is 2. The number of H-pyrrole nitrogens is 1. The highest BCUT2D eigenvalue weighted by Crippen LogP contribution is 2.41. The van der Waals surface area contributed by atoms with Crippen LogP contribution >= 0.6 is 0 Å². The molecule has 0 spiro atoms. The molecule has 0 saturated heterocycles. The molecule has 8 heteroatoms. The Morgan fingerprint density at radius 2 is 1.87 bits per heavy atom. The van der Waals surface area contributed by atoms with E-state index in [1.54, 1.807) is 6.20 Å². The van der Waals surface area contributed by atoms with Crippen molar-refractivity contribution in [2.45, 2.75) is 6.92 Å². The van der Waals surface area contributed by atoms with Gasteiger partial charge >= 0.3 is 0 Å². The van der Waals surface area contributed by atoms with E-state index >= 15 is 0 Å². The van der Waals surface area contributed by atoms with Crippen molar-refractivity contribution >= 4 is 16.9 Å². The van der Waals surface area contributed by atoms with Crippen LogP contribution in [0, 0.1) is 6.92 Å². The van der Waals surface area contributed by atoms with Gasteiger partial charge in [0.1, 0.15) is 23.5 Å². The molecule has 1 aromatic carbocycles. The van der Waals surface area contributed by atoms with Crippen molar-refractivity contribution in [1.29, 1.82) is 0 Å². The van der Waals surface area contributed by atoms with E-state index in [9.17, 15) is 0 Å². The number of ether oxygens (including phenoxy) is 1. The third-order valence-electron chi connectivity index (χ3n) is 5.00. The number of pyridine rings is 1. The summed E-state index contributed by atoms with van der Waals surface area (Å²) in [6, 6.07) is 13.5. The monoisotopic (exact) mass is 397 g/mol. The lowest BCUT2D eigenvalue weighted by Crippen LogP contribution is -1.95. The molecule has 0 fully saturated rings. The molecular weight excluding hydrogens is 378 g/mol. The first-order valence-corrected chi connectivity index (χ1v) is 9.42. The first-order chi connectivity index (χ1) is 14.6. The minimum Gasteiger partial charge on any atom is -0.439 e. The van der Waals surface area contributed by atoms with Gasteiger partial charge in [-0.2, -0.15) is 5.10 Å². The zero-order valence-electron chi connectivity index (χ0n) is 16.5. The van der Waals surface area contributed by atoms with Crippen LogP contribution in [0.5, 0.6) is 11.6 Å². The number of nitrogen functional groups attached to an aromatic ring is 1. The molecule has 5 rings (SSSR count). The van der Waals surface area contributed by atoms with Crippen LogP contribution in [0.15, 0.2) is 61.2 Å². The van der Waals surface area contributed by atoms with Crippen molar-refractivity contribution in [3.63, 3.8) is 0 Å². The highest BCUT2D eigenvalue weighted by atomic mass is 16.5. The van der Waals surface area contributed by atoms with Crippen molar-refractivity contribution in [3.8, 4) is 34.0 Å². The van der Waals surface area contributed by atoms with E-state index in [4.69, 9.17) is 10.5 Å². The Labute approximate surface area is 172 Å². The van der Waals surface area contributed by atoms with E-state index in [0.717, 1.165) is 39.1 Å². The van der Waals surface area contributed by atoms with Crippen LogP contribution in [0.2, 0.25) is 0 Å². The van der Waals surface area contributed by atoms with Crippen molar-refractivity contribution in [2.75, 3.05) is 5.73 Å². The molecule has 5 aromatic rings. The molecule has 0 aliphatic heterocycles. The summed E-state index contributed by atoms with van der Waals surface area (Å²) in [4.78, 5) is 13.0. The molecule has 0 atom stereocenters. The number of anilines is 1. The van der Waals surface area contributed by atoms with E-state index in [-0.39, 0.29) is 0 Å². The van der Waals surface area contributed by atoms with Crippen LogP contribution in [-0.2, 0) is 7.05 Å². The van der Waals surface area contributed by atoms with Gasteiger partial charge in [-0.25, -0.2) is 15.0 Å². The van der Waals surface area contributed by atoms with E-state index in [1.807, 2.05) is 67.2 Å². The van der Waals surface area contributed by atoms with E-state index in [1.165, 1.54) is 6.33 Å². The smallest absolute Gasteiger partial charge is 0.219 e. The summed E-state index contributed by atoms with van der Waals surface area (Å²) in [6.45, 7) is 1.93. The molecular formula is C22H19N7O. The fraction of sp³-hybridized carbons (Fsp3) is 0.0909. The van der Waals surface area contributed by atoms with E-state index in [2.05, 4.69) is 25.1 Å². The van der Waals surface area contributed by atoms with Gasteiger partial charge in [-0.3, -0.25) is 5.10 Å². The minimum absolute atomic E-state index is 0.435. The van der Waals surface area contributed by atoms with Crippen LogP contribution in [0.25, 0.3) is 33.4 Å². The Morgan fingerprint density at radius 3 is 2.60 bits per heavy atom. The zero-order chi connectivity index (χ0) is 20.7. The van der Waals surface area contributed by atoms with Gasteiger partial charge in [0, 0.05) is 36.1 Å². The Kier molecular flexibility index (Phi) is 4.17. The summed E-state index contributed by atoms with van der Waals surface area (Å²) < 4.78 is 7.90. The average Bonchev–Trinajstić information content (AvgIpc) is 3.36. The maximum Gasteiger partial charge on any atom is 0.219 e. The fourth-order valence-electron chi connectivity index (χ4n) is 3.66. The zero-order valence-corrected chi connectivity index (χ0v) is 16.5. The molecule has 0 aliphatic rings. The lowest BCUT2D eigenvalue weighted by atomic mass is 10.0. The summed E-state index contributed by atoms with van der Waals surface area (Å²) in [6.07, 6.45) is 5.11. The summed E-state index contributed by atoms with van der Waals surface area (Å²) in [5, 5.41) is 7.79. The topological polar surface area (TPSA) is 108 Å². The second-order valence-electron chi connectivity index (χ2n) is 6.97. The summed E-state index contributed by atoms with van der Waals surface area (Å²) >= 11 is 0. The molecule has 0 unspecified atom stereocenters. The highest BCUT2D eigenvalue weighted by molar-refractivity contribution is 6.07. The van der Waals surface area contributed by atoms with Crippen LogP contribution in [0.4, 0.5) is 5.82 Å². The SMILES string of the molecule is Cc1cccc(Oc2ccc(-c3c(-c4cn[nH]c4)n(C)c4ncnc(N)c34)cc2)n1. The number of hydrogen-bond acceptors (Lipinski definition) is 6. The second kappa shape index (κ2) is 7.00. The average molecular weight is 397 g/mol. The molecule has 4 aromatic heterocycles. The summed E-state index contributed by atoms with van der Waals surface area (Å²) in [5.41, 5.74) is 11.7. The number of hydrogen-bond donors (Lipinski definition) is 2. The number of nitrogens with zero attached hydrogens (tertiary/aromatic N) is 5. The molecule has 4 heterocycles. The largest absolute Gasteiger partial charge is 0.439 e. The van der Waals surface area contributed by atoms with Crippen molar-refractivity contribution in [3.05, 3.63) is 66.9 Å². The van der Waals surface area contributed by atoms with Crippen molar-refractivity contribution in [1.82, 2.24) is 29.7 Å². The third kappa shape index (κ3) is 2.95. The van der Waals surface area contributed by atoms with Gasteiger partial charge in [0.05, 0.1) is 17.3 Å². The number of aromatic nitrogens is 6. The molecule has 0 bridgehead atoms. The first-order valence-electron chi connectivity index (χ1n) is 9.42. The second-order valence-corrected chi connectivity index (χ2v) is 6.97. The Hall–Kier alpha value is -4.20. The van der Waals surface area contributed by atoms with E-state index < -0.39 is 0 Å². The van der Waals surface area contributed by atoms with Crippen LogP contribution < -0.4 is 10.5 Å². The molecule has 148 valence electrons. The fourth-order valence-corrected chi connectivity index (χ4v) is 3.66. The van der Waals surface area contributed by atoms with Crippen LogP contribution in [0.3, 0.4) is 0 Å². The number of aromatic amines is 1. The van der Waals surface area contributed by atoms with Crippen LogP contribution in [0.1, 0.15) is 5.69 Å². The predicted octanol–water partition coefficient (Wildman–Crippen LogP) is 4.10. The normalized spacial score (nSPS) is 11.1. The van der Waals surface area contributed by atoms with Gasteiger partial charge in [-0.1, -0.05) is 18.2 Å². The Balaban J connectivity index is 1.63.